The maximum atomic E-state index is 12.9. The molecule has 0 aliphatic rings. The monoisotopic (exact) mass is 530 g/mol. The molecule has 0 saturated heterocycles. The number of hydrogen-bond acceptors (Lipinski definition) is 5. The first-order valence-electron chi connectivity index (χ1n) is 9.81. The third-order valence-corrected chi connectivity index (χ3v) is 5.11. The van der Waals surface area contributed by atoms with Crippen LogP contribution in [0.5, 0.6) is 11.5 Å². The number of carbonyl (C=O) groups excluding carboxylic acids is 3. The van der Waals surface area contributed by atoms with Crippen LogP contribution < -0.4 is 20.1 Å². The molecule has 2 N–H and O–H groups in total. The van der Waals surface area contributed by atoms with Crippen LogP contribution >= 0.6 is 27.5 Å². The number of halogens is 2. The van der Waals surface area contributed by atoms with Crippen LogP contribution in [0.15, 0.2) is 66.7 Å². The lowest BCUT2D eigenvalue weighted by atomic mass is 10.1. The maximum Gasteiger partial charge on any atom is 0.308 e. The lowest BCUT2D eigenvalue weighted by molar-refractivity contribution is -0.131. The molecule has 3 rings (SSSR count). The topological polar surface area (TPSA) is 93.7 Å². The molecule has 0 unspecified atom stereocenters. The number of anilines is 2. The van der Waals surface area contributed by atoms with Gasteiger partial charge in [-0.3, -0.25) is 14.4 Å². The minimum atomic E-state index is -0.579. The van der Waals surface area contributed by atoms with E-state index in [1.54, 1.807) is 18.2 Å². The summed E-state index contributed by atoms with van der Waals surface area (Å²) >= 11 is 9.39. The Morgan fingerprint density at radius 2 is 1.58 bits per heavy atom. The third kappa shape index (κ3) is 7.06. The van der Waals surface area contributed by atoms with Crippen molar-refractivity contribution in [3.05, 3.63) is 82.9 Å². The van der Waals surface area contributed by atoms with Gasteiger partial charge in [-0.25, -0.2) is 0 Å². The molecule has 3 aromatic carbocycles. The minimum Gasteiger partial charge on any atom is -0.487 e. The normalized spacial score (nSPS) is 10.3. The van der Waals surface area contributed by atoms with E-state index in [1.165, 1.54) is 25.1 Å². The van der Waals surface area contributed by atoms with Gasteiger partial charge >= 0.3 is 5.97 Å². The van der Waals surface area contributed by atoms with Crippen molar-refractivity contribution < 1.29 is 23.9 Å². The summed E-state index contributed by atoms with van der Waals surface area (Å²) in [7, 11) is 0. The van der Waals surface area contributed by atoms with Crippen molar-refractivity contribution in [2.75, 3.05) is 16.0 Å². The van der Waals surface area contributed by atoms with E-state index in [0.29, 0.717) is 28.8 Å². The molecular weight excluding hydrogens is 512 g/mol. The molecule has 0 saturated carbocycles. The Labute approximate surface area is 204 Å². The van der Waals surface area contributed by atoms with Crippen LogP contribution in [0.4, 0.5) is 11.4 Å². The molecule has 170 valence electrons. The molecule has 0 aliphatic heterocycles. The first kappa shape index (κ1) is 24.3. The number of ether oxygens (including phenoxy) is 2. The standard InChI is InChI=1S/C24H20BrClN2O5/c1-15(29)33-21-9-7-17(27-23(30)13-25)11-19(21)24(31)28-18-8-10-22(20(26)12-18)32-14-16-5-3-2-4-6-16/h2-12H,13-14H2,1H3,(H,27,30)(H,28,31). The maximum absolute atomic E-state index is 12.9. The summed E-state index contributed by atoms with van der Waals surface area (Å²) in [6.07, 6.45) is 0. The zero-order valence-electron chi connectivity index (χ0n) is 17.6. The fraction of sp³-hybridized carbons (Fsp3) is 0.125. The van der Waals surface area contributed by atoms with Gasteiger partial charge < -0.3 is 20.1 Å². The van der Waals surface area contributed by atoms with Crippen molar-refractivity contribution in [1.82, 2.24) is 0 Å². The first-order valence-corrected chi connectivity index (χ1v) is 11.3. The molecule has 0 fully saturated rings. The summed E-state index contributed by atoms with van der Waals surface area (Å²) in [5, 5.41) is 5.76. The number of amides is 2. The van der Waals surface area contributed by atoms with Crippen molar-refractivity contribution in [2.24, 2.45) is 0 Å². The van der Waals surface area contributed by atoms with E-state index in [1.807, 2.05) is 30.3 Å². The average Bonchev–Trinajstić information content (AvgIpc) is 2.79. The Balaban J connectivity index is 1.76. The number of esters is 1. The molecule has 0 bridgehead atoms. The molecule has 0 heterocycles. The molecule has 0 radical (unpaired) electrons. The van der Waals surface area contributed by atoms with E-state index in [2.05, 4.69) is 26.6 Å². The Morgan fingerprint density at radius 1 is 0.909 bits per heavy atom. The smallest absolute Gasteiger partial charge is 0.308 e. The molecule has 3 aromatic rings. The molecular formula is C24H20BrClN2O5. The first-order chi connectivity index (χ1) is 15.9. The number of carbonyl (C=O) groups is 3. The second-order valence-corrected chi connectivity index (χ2v) is 7.83. The highest BCUT2D eigenvalue weighted by Gasteiger charge is 2.17. The molecule has 7 nitrogen and oxygen atoms in total. The molecule has 0 spiro atoms. The van der Waals surface area contributed by atoms with E-state index >= 15 is 0 Å². The van der Waals surface area contributed by atoms with Crippen molar-refractivity contribution in [3.8, 4) is 11.5 Å². The second-order valence-electron chi connectivity index (χ2n) is 6.86. The summed E-state index contributed by atoms with van der Waals surface area (Å²) < 4.78 is 10.9. The van der Waals surface area contributed by atoms with Crippen LogP contribution in [-0.4, -0.2) is 23.1 Å². The molecule has 0 atom stereocenters. The molecule has 33 heavy (non-hydrogen) atoms. The summed E-state index contributed by atoms with van der Waals surface area (Å²) in [5.41, 5.74) is 1.86. The van der Waals surface area contributed by atoms with E-state index in [9.17, 15) is 14.4 Å². The summed E-state index contributed by atoms with van der Waals surface area (Å²) in [5.74, 6) is -0.886. The zero-order chi connectivity index (χ0) is 23.8. The largest absolute Gasteiger partial charge is 0.487 e. The minimum absolute atomic E-state index is 0.0609. The van der Waals surface area contributed by atoms with Gasteiger partial charge in [-0.15, -0.1) is 0 Å². The number of nitrogens with one attached hydrogen (secondary N) is 2. The van der Waals surface area contributed by atoms with Crippen LogP contribution in [0.1, 0.15) is 22.8 Å². The van der Waals surface area contributed by atoms with Gasteiger partial charge in [-0.1, -0.05) is 57.9 Å². The van der Waals surface area contributed by atoms with Crippen LogP contribution in [0.25, 0.3) is 0 Å². The second kappa shape index (κ2) is 11.5. The highest BCUT2D eigenvalue weighted by molar-refractivity contribution is 9.09. The lowest BCUT2D eigenvalue weighted by Crippen LogP contribution is -2.17. The predicted octanol–water partition coefficient (Wildman–Crippen LogP) is 5.43. The SMILES string of the molecule is CC(=O)Oc1ccc(NC(=O)CBr)cc1C(=O)Nc1ccc(OCc2ccccc2)c(Cl)c1. The van der Waals surface area contributed by atoms with Gasteiger partial charge in [0.25, 0.3) is 5.91 Å². The fourth-order valence-electron chi connectivity index (χ4n) is 2.85. The highest BCUT2D eigenvalue weighted by Crippen LogP contribution is 2.30. The Kier molecular flexibility index (Phi) is 8.46. The average molecular weight is 532 g/mol. The summed E-state index contributed by atoms with van der Waals surface area (Å²) in [4.78, 5) is 36.0. The van der Waals surface area contributed by atoms with Gasteiger partial charge in [0, 0.05) is 18.3 Å². The molecule has 0 aromatic heterocycles. The van der Waals surface area contributed by atoms with Crippen molar-refractivity contribution in [2.45, 2.75) is 13.5 Å². The molecule has 9 heteroatoms. The van der Waals surface area contributed by atoms with Crippen LogP contribution in [-0.2, 0) is 16.2 Å². The van der Waals surface area contributed by atoms with Gasteiger partial charge in [-0.2, -0.15) is 0 Å². The van der Waals surface area contributed by atoms with Crippen molar-refractivity contribution >= 4 is 56.7 Å². The van der Waals surface area contributed by atoms with Crippen LogP contribution in [0.2, 0.25) is 5.02 Å². The number of hydrogen-bond donors (Lipinski definition) is 2. The van der Waals surface area contributed by atoms with Crippen LogP contribution in [0, 0.1) is 0 Å². The van der Waals surface area contributed by atoms with Gasteiger partial charge in [-0.05, 0) is 42.0 Å². The van der Waals surface area contributed by atoms with E-state index in [0.717, 1.165) is 5.56 Å². The van der Waals surface area contributed by atoms with Gasteiger partial charge in [0.05, 0.1) is 15.9 Å². The van der Waals surface area contributed by atoms with Crippen LogP contribution in [0.3, 0.4) is 0 Å². The van der Waals surface area contributed by atoms with Gasteiger partial charge in [0.2, 0.25) is 5.91 Å². The van der Waals surface area contributed by atoms with Gasteiger partial charge in [0.15, 0.2) is 0 Å². The lowest BCUT2D eigenvalue weighted by Gasteiger charge is -2.13. The molecule has 2 amide bonds. The number of alkyl halides is 1. The van der Waals surface area contributed by atoms with E-state index in [-0.39, 0.29) is 22.6 Å². The number of rotatable bonds is 8. The van der Waals surface area contributed by atoms with E-state index < -0.39 is 11.9 Å². The highest BCUT2D eigenvalue weighted by atomic mass is 79.9. The Bertz CT molecular complexity index is 1170. The quantitative estimate of drug-likeness (QED) is 0.230. The fourth-order valence-corrected chi connectivity index (χ4v) is 3.23. The number of benzene rings is 3. The van der Waals surface area contributed by atoms with Gasteiger partial charge in [0.1, 0.15) is 18.1 Å². The summed E-state index contributed by atoms with van der Waals surface area (Å²) in [6.45, 7) is 1.58. The zero-order valence-corrected chi connectivity index (χ0v) is 19.9. The third-order valence-electron chi connectivity index (χ3n) is 4.31. The Hall–Kier alpha value is -3.36. The summed E-state index contributed by atoms with van der Waals surface area (Å²) in [6, 6.07) is 18.9. The van der Waals surface area contributed by atoms with Crippen molar-refractivity contribution in [1.29, 1.82) is 0 Å². The van der Waals surface area contributed by atoms with Crippen molar-refractivity contribution in [3.63, 3.8) is 0 Å². The Morgan fingerprint density at radius 3 is 2.21 bits per heavy atom. The predicted molar refractivity (Wildman–Crippen MR) is 130 cm³/mol. The molecule has 0 aliphatic carbocycles. The van der Waals surface area contributed by atoms with E-state index in [4.69, 9.17) is 21.1 Å².